The highest BCUT2D eigenvalue weighted by atomic mass is 35.5. The maximum atomic E-state index is 12.1. The van der Waals surface area contributed by atoms with Gasteiger partial charge in [0.15, 0.2) is 0 Å². The molecule has 1 unspecified atom stereocenters. The van der Waals surface area contributed by atoms with Gasteiger partial charge in [0.2, 0.25) is 0 Å². The van der Waals surface area contributed by atoms with Crippen LogP contribution in [-0.2, 0) is 9.53 Å². The van der Waals surface area contributed by atoms with Gasteiger partial charge < -0.3 is 10.1 Å². The van der Waals surface area contributed by atoms with E-state index in [4.69, 9.17) is 27.9 Å². The first-order valence-corrected chi connectivity index (χ1v) is 9.61. The van der Waals surface area contributed by atoms with Gasteiger partial charge in [0.1, 0.15) is 0 Å². The van der Waals surface area contributed by atoms with E-state index in [-0.39, 0.29) is 24.3 Å². The molecule has 0 saturated carbocycles. The summed E-state index contributed by atoms with van der Waals surface area (Å²) in [6, 6.07) is 4.34. The van der Waals surface area contributed by atoms with Crippen LogP contribution < -0.4 is 5.32 Å². The Morgan fingerprint density at radius 3 is 2.44 bits per heavy atom. The number of hydrogen-bond acceptors (Lipinski definition) is 3. The molecule has 0 bridgehead atoms. The molecule has 1 aromatic carbocycles. The van der Waals surface area contributed by atoms with Crippen molar-refractivity contribution >= 4 is 35.1 Å². The Morgan fingerprint density at radius 2 is 1.76 bits per heavy atom. The molecule has 6 heteroatoms. The molecule has 0 heterocycles. The summed E-state index contributed by atoms with van der Waals surface area (Å²) < 4.78 is 5.21. The van der Waals surface area contributed by atoms with E-state index in [9.17, 15) is 9.59 Å². The van der Waals surface area contributed by atoms with Crippen LogP contribution in [0.4, 0.5) is 0 Å². The van der Waals surface area contributed by atoms with Gasteiger partial charge in [-0.05, 0) is 31.5 Å². The van der Waals surface area contributed by atoms with Crippen molar-refractivity contribution in [3.05, 3.63) is 33.8 Å². The van der Waals surface area contributed by atoms with Crippen molar-refractivity contribution in [3.63, 3.8) is 0 Å². The highest BCUT2D eigenvalue weighted by Gasteiger charge is 2.15. The molecule has 140 valence electrons. The summed E-state index contributed by atoms with van der Waals surface area (Å²) in [5, 5.41) is 3.47. The number of esters is 1. The van der Waals surface area contributed by atoms with Gasteiger partial charge in [-0.2, -0.15) is 0 Å². The summed E-state index contributed by atoms with van der Waals surface area (Å²) in [5.74, 6) is -0.592. The zero-order valence-corrected chi connectivity index (χ0v) is 16.5. The van der Waals surface area contributed by atoms with Crippen LogP contribution in [0.5, 0.6) is 0 Å². The Hall–Kier alpha value is -1.26. The van der Waals surface area contributed by atoms with E-state index >= 15 is 0 Å². The van der Waals surface area contributed by atoms with Crippen molar-refractivity contribution < 1.29 is 14.3 Å². The van der Waals surface area contributed by atoms with Gasteiger partial charge in [0.05, 0.1) is 23.1 Å². The highest BCUT2D eigenvalue weighted by molar-refractivity contribution is 6.42. The monoisotopic (exact) mass is 387 g/mol. The van der Waals surface area contributed by atoms with Gasteiger partial charge in [0, 0.05) is 11.6 Å². The van der Waals surface area contributed by atoms with Gasteiger partial charge >= 0.3 is 5.97 Å². The van der Waals surface area contributed by atoms with E-state index in [2.05, 4.69) is 12.2 Å². The van der Waals surface area contributed by atoms with E-state index < -0.39 is 0 Å². The van der Waals surface area contributed by atoms with E-state index in [1.807, 2.05) is 0 Å². The second kappa shape index (κ2) is 12.2. The zero-order valence-electron chi connectivity index (χ0n) is 14.9. The number of rotatable bonds is 11. The molecule has 25 heavy (non-hydrogen) atoms. The third-order valence-corrected chi connectivity index (χ3v) is 4.53. The number of unbranched alkanes of at least 4 members (excludes halogenated alkanes) is 5. The highest BCUT2D eigenvalue weighted by Crippen LogP contribution is 2.22. The topological polar surface area (TPSA) is 55.4 Å². The third-order valence-electron chi connectivity index (χ3n) is 3.79. The summed E-state index contributed by atoms with van der Waals surface area (Å²) in [6.07, 6.45) is 7.01. The lowest BCUT2D eigenvalue weighted by Gasteiger charge is -2.14. The molecule has 0 aromatic heterocycles. The molecule has 0 aliphatic rings. The number of amides is 1. The van der Waals surface area contributed by atoms with Crippen LogP contribution >= 0.6 is 23.2 Å². The summed E-state index contributed by atoms with van der Waals surface area (Å²) in [5.41, 5.74) is 0.404. The average Bonchev–Trinajstić information content (AvgIpc) is 2.56. The first kappa shape index (κ1) is 21.8. The van der Waals surface area contributed by atoms with E-state index in [1.54, 1.807) is 19.1 Å². The zero-order chi connectivity index (χ0) is 18.7. The van der Waals surface area contributed by atoms with E-state index in [0.717, 1.165) is 12.8 Å². The Bertz CT molecular complexity index is 564. The molecule has 1 atom stereocenters. The summed E-state index contributed by atoms with van der Waals surface area (Å²) in [7, 11) is 0. The maximum Gasteiger partial charge on any atom is 0.307 e. The molecule has 0 saturated heterocycles. The van der Waals surface area contributed by atoms with Crippen LogP contribution in [0, 0.1) is 0 Å². The van der Waals surface area contributed by atoms with Crippen LogP contribution in [0.15, 0.2) is 18.2 Å². The fourth-order valence-corrected chi connectivity index (χ4v) is 2.67. The minimum Gasteiger partial charge on any atom is -0.466 e. The Labute approximate surface area is 160 Å². The van der Waals surface area contributed by atoms with Gasteiger partial charge in [0.25, 0.3) is 5.91 Å². The van der Waals surface area contributed by atoms with Gasteiger partial charge in [-0.3, -0.25) is 9.59 Å². The minimum atomic E-state index is -0.320. The molecule has 0 radical (unpaired) electrons. The van der Waals surface area contributed by atoms with Crippen LogP contribution in [0.2, 0.25) is 10.0 Å². The lowest BCUT2D eigenvalue weighted by atomic mass is 10.1. The summed E-state index contributed by atoms with van der Waals surface area (Å²) in [4.78, 5) is 23.9. The largest absolute Gasteiger partial charge is 0.466 e. The molecule has 0 aliphatic carbocycles. The normalized spacial score (nSPS) is 11.8. The minimum absolute atomic E-state index is 0.142. The molecular formula is C19H27Cl2NO3. The van der Waals surface area contributed by atoms with E-state index in [1.165, 1.54) is 31.7 Å². The molecule has 1 amide bonds. The SMILES string of the molecule is CCCCCCCCOC(=O)CC(C)NC(=O)c1ccc(Cl)c(Cl)c1. The maximum absolute atomic E-state index is 12.1. The Balaban J connectivity index is 2.24. The molecule has 0 aliphatic heterocycles. The summed E-state index contributed by atoms with van der Waals surface area (Å²) >= 11 is 11.7. The van der Waals surface area contributed by atoms with Gasteiger partial charge in [-0.15, -0.1) is 0 Å². The number of carbonyl (C=O) groups is 2. The quantitative estimate of drug-likeness (QED) is 0.408. The number of halogens is 2. The Morgan fingerprint density at radius 1 is 1.08 bits per heavy atom. The van der Waals surface area contributed by atoms with Crippen molar-refractivity contribution in [1.29, 1.82) is 0 Å². The van der Waals surface area contributed by atoms with Crippen LogP contribution in [0.3, 0.4) is 0 Å². The van der Waals surface area contributed by atoms with Crippen molar-refractivity contribution in [3.8, 4) is 0 Å². The second-order valence-electron chi connectivity index (χ2n) is 6.20. The van der Waals surface area contributed by atoms with Crippen molar-refractivity contribution in [2.45, 2.75) is 64.8 Å². The van der Waals surface area contributed by atoms with Crippen molar-refractivity contribution in [2.75, 3.05) is 6.61 Å². The number of hydrogen-bond donors (Lipinski definition) is 1. The van der Waals surface area contributed by atoms with Crippen LogP contribution in [0.25, 0.3) is 0 Å². The Kier molecular flexibility index (Phi) is 10.6. The van der Waals surface area contributed by atoms with Gasteiger partial charge in [-0.25, -0.2) is 0 Å². The number of benzene rings is 1. The second-order valence-corrected chi connectivity index (χ2v) is 7.01. The first-order chi connectivity index (χ1) is 11.9. The molecule has 0 fully saturated rings. The first-order valence-electron chi connectivity index (χ1n) is 8.85. The van der Waals surface area contributed by atoms with Crippen molar-refractivity contribution in [2.24, 2.45) is 0 Å². The fourth-order valence-electron chi connectivity index (χ4n) is 2.37. The fraction of sp³-hybridized carbons (Fsp3) is 0.579. The third kappa shape index (κ3) is 9.13. The standard InChI is InChI=1S/C19H27Cl2NO3/c1-3-4-5-6-7-8-11-25-18(23)12-14(2)22-19(24)15-9-10-16(20)17(21)13-15/h9-10,13-14H,3-8,11-12H2,1-2H3,(H,22,24). The average molecular weight is 388 g/mol. The van der Waals surface area contributed by atoms with Crippen molar-refractivity contribution in [1.82, 2.24) is 5.32 Å². The summed E-state index contributed by atoms with van der Waals surface area (Å²) in [6.45, 7) is 4.39. The molecule has 1 aromatic rings. The van der Waals surface area contributed by atoms with Crippen LogP contribution in [-0.4, -0.2) is 24.5 Å². The molecule has 4 nitrogen and oxygen atoms in total. The predicted octanol–water partition coefficient (Wildman–Crippen LogP) is 5.41. The lowest BCUT2D eigenvalue weighted by molar-refractivity contribution is -0.144. The smallest absolute Gasteiger partial charge is 0.307 e. The molecule has 0 spiro atoms. The van der Waals surface area contributed by atoms with Gasteiger partial charge in [-0.1, -0.05) is 62.2 Å². The molecule has 1 N–H and O–H groups in total. The predicted molar refractivity (Wildman–Crippen MR) is 102 cm³/mol. The lowest BCUT2D eigenvalue weighted by Crippen LogP contribution is -2.34. The number of nitrogens with one attached hydrogen (secondary N) is 1. The molecular weight excluding hydrogens is 361 g/mol. The molecule has 1 rings (SSSR count). The number of carbonyl (C=O) groups excluding carboxylic acids is 2. The van der Waals surface area contributed by atoms with E-state index in [0.29, 0.717) is 22.2 Å². The number of ether oxygens (including phenoxy) is 1. The van der Waals surface area contributed by atoms with Crippen LogP contribution in [0.1, 0.15) is 69.2 Å².